The van der Waals surface area contributed by atoms with Crippen molar-refractivity contribution in [2.45, 2.75) is 26.2 Å². The zero-order valence-electron chi connectivity index (χ0n) is 22.7. The van der Waals surface area contributed by atoms with E-state index in [2.05, 4.69) is 30.7 Å². The van der Waals surface area contributed by atoms with Gasteiger partial charge in [0.2, 0.25) is 0 Å². The number of carbonyl (C=O) groups excluding carboxylic acids is 2. The lowest BCUT2D eigenvalue weighted by molar-refractivity contribution is -0.137. The lowest BCUT2D eigenvalue weighted by Crippen LogP contribution is -2.43. The summed E-state index contributed by atoms with van der Waals surface area (Å²) >= 11 is 0. The zero-order valence-corrected chi connectivity index (χ0v) is 22.7. The molecule has 1 fully saturated rings. The van der Waals surface area contributed by atoms with Crippen molar-refractivity contribution in [1.29, 1.82) is 0 Å². The van der Waals surface area contributed by atoms with E-state index >= 15 is 0 Å². The van der Waals surface area contributed by atoms with Crippen LogP contribution < -0.4 is 16.0 Å². The van der Waals surface area contributed by atoms with Gasteiger partial charge in [0.1, 0.15) is 5.69 Å². The minimum absolute atomic E-state index is 0.0997. The third kappa shape index (κ3) is 7.57. The van der Waals surface area contributed by atoms with E-state index in [4.69, 9.17) is 0 Å². The first-order chi connectivity index (χ1) is 19.0. The van der Waals surface area contributed by atoms with E-state index in [-0.39, 0.29) is 17.3 Å². The Balaban J connectivity index is 1.49. The molecular formula is C29H33F3N6O2. The monoisotopic (exact) mass is 554 g/mol. The molecule has 1 aliphatic rings. The Kier molecular flexibility index (Phi) is 9.06. The van der Waals surface area contributed by atoms with Crippen molar-refractivity contribution in [3.8, 4) is 0 Å². The number of likely N-dealkylation sites (N-methyl/N-ethyl adjacent to an activating group) is 1. The van der Waals surface area contributed by atoms with Crippen LogP contribution in [0.4, 0.5) is 24.5 Å². The predicted octanol–water partition coefficient (Wildman–Crippen LogP) is 4.38. The number of alkyl halides is 3. The van der Waals surface area contributed by atoms with E-state index in [9.17, 15) is 22.8 Å². The summed E-state index contributed by atoms with van der Waals surface area (Å²) in [5, 5.41) is 8.42. The lowest BCUT2D eigenvalue weighted by Gasteiger charge is -2.32. The van der Waals surface area contributed by atoms with Crippen LogP contribution in [-0.2, 0) is 19.3 Å². The van der Waals surface area contributed by atoms with Crippen molar-refractivity contribution in [2.75, 3.05) is 50.9 Å². The molecule has 2 heterocycles. The molecular weight excluding hydrogens is 521 g/mol. The molecule has 0 spiro atoms. The van der Waals surface area contributed by atoms with Gasteiger partial charge in [-0.15, -0.1) is 0 Å². The number of nitrogens with one attached hydrogen (secondary N) is 3. The van der Waals surface area contributed by atoms with E-state index in [1.165, 1.54) is 13.2 Å². The number of aromatic nitrogens is 1. The highest BCUT2D eigenvalue weighted by Gasteiger charge is 2.31. The SMILES string of the molecule is CNC(=O)c1cc(NCc2cc(C(=O)Nc3cc(CN4CCN(C)CC4)cc(C(F)(F)F)c3)ccc2C)ccn1. The molecule has 1 aromatic heterocycles. The topological polar surface area (TPSA) is 89.6 Å². The summed E-state index contributed by atoms with van der Waals surface area (Å²) in [6.07, 6.45) is -3.01. The maximum Gasteiger partial charge on any atom is 0.416 e. The first-order valence-electron chi connectivity index (χ1n) is 13.0. The predicted molar refractivity (Wildman–Crippen MR) is 148 cm³/mol. The normalized spacial score (nSPS) is 14.6. The van der Waals surface area contributed by atoms with Crippen molar-refractivity contribution < 1.29 is 22.8 Å². The van der Waals surface area contributed by atoms with Crippen LogP contribution in [0, 0.1) is 6.92 Å². The molecule has 0 unspecified atom stereocenters. The number of amides is 2. The van der Waals surface area contributed by atoms with Gasteiger partial charge in [-0.3, -0.25) is 19.5 Å². The standard InChI is InChI=1S/C29H33F3N6O2/c1-19-4-5-21(14-22(19)17-35-24-6-7-34-26(16-24)28(40)33-2)27(39)36-25-13-20(12-23(15-25)29(30,31)32)18-38-10-8-37(3)9-11-38/h4-7,12-16H,8-11,17-18H2,1-3H3,(H,33,40)(H,34,35)(H,36,39). The third-order valence-corrected chi connectivity index (χ3v) is 6.89. The molecule has 4 rings (SSSR count). The molecule has 1 saturated heterocycles. The van der Waals surface area contributed by atoms with Crippen LogP contribution in [0.15, 0.2) is 54.7 Å². The first kappa shape index (κ1) is 29.0. The van der Waals surface area contributed by atoms with Gasteiger partial charge < -0.3 is 20.9 Å². The smallest absolute Gasteiger partial charge is 0.381 e. The summed E-state index contributed by atoms with van der Waals surface area (Å²) in [5.74, 6) is -0.809. The largest absolute Gasteiger partial charge is 0.416 e. The number of nitrogens with zero attached hydrogens (tertiary/aromatic N) is 3. The van der Waals surface area contributed by atoms with Crippen LogP contribution in [0.2, 0.25) is 0 Å². The Morgan fingerprint density at radius 2 is 1.70 bits per heavy atom. The highest BCUT2D eigenvalue weighted by Crippen LogP contribution is 2.32. The Bertz CT molecular complexity index is 1370. The van der Waals surface area contributed by atoms with Crippen LogP contribution in [0.5, 0.6) is 0 Å². The van der Waals surface area contributed by atoms with Crippen LogP contribution in [0.3, 0.4) is 0 Å². The highest BCUT2D eigenvalue weighted by molar-refractivity contribution is 6.04. The molecule has 3 aromatic rings. The first-order valence-corrected chi connectivity index (χ1v) is 13.0. The maximum atomic E-state index is 13.7. The summed E-state index contributed by atoms with van der Waals surface area (Å²) in [6.45, 7) is 5.87. The van der Waals surface area contributed by atoms with E-state index in [1.54, 1.807) is 36.4 Å². The maximum absolute atomic E-state index is 13.7. The van der Waals surface area contributed by atoms with E-state index in [0.29, 0.717) is 29.9 Å². The fourth-order valence-electron chi connectivity index (χ4n) is 4.48. The van der Waals surface area contributed by atoms with Gasteiger partial charge in [-0.1, -0.05) is 6.07 Å². The summed E-state index contributed by atoms with van der Waals surface area (Å²) in [6, 6.07) is 12.2. The fourth-order valence-corrected chi connectivity index (χ4v) is 4.48. The third-order valence-electron chi connectivity index (χ3n) is 6.89. The number of rotatable bonds is 8. The second-order valence-corrected chi connectivity index (χ2v) is 9.95. The Morgan fingerprint density at radius 1 is 0.950 bits per heavy atom. The Hall–Kier alpha value is -3.96. The molecule has 0 atom stereocenters. The molecule has 3 N–H and O–H groups in total. The van der Waals surface area contributed by atoms with E-state index < -0.39 is 17.6 Å². The molecule has 40 heavy (non-hydrogen) atoms. The summed E-state index contributed by atoms with van der Waals surface area (Å²) in [7, 11) is 3.54. The Morgan fingerprint density at radius 3 is 2.40 bits per heavy atom. The second kappa shape index (κ2) is 12.5. The summed E-state index contributed by atoms with van der Waals surface area (Å²) in [5.41, 5.74) is 2.83. The van der Waals surface area contributed by atoms with Gasteiger partial charge in [0.05, 0.1) is 5.56 Å². The van der Waals surface area contributed by atoms with Gasteiger partial charge in [-0.2, -0.15) is 13.2 Å². The van der Waals surface area contributed by atoms with Gasteiger partial charge in [-0.25, -0.2) is 0 Å². The van der Waals surface area contributed by atoms with Crippen LogP contribution in [-0.4, -0.2) is 66.9 Å². The number of hydrogen-bond acceptors (Lipinski definition) is 6. The zero-order chi connectivity index (χ0) is 28.9. The van der Waals surface area contributed by atoms with Crippen molar-refractivity contribution in [3.63, 3.8) is 0 Å². The molecule has 1 aliphatic heterocycles. The van der Waals surface area contributed by atoms with Crippen molar-refractivity contribution in [1.82, 2.24) is 20.1 Å². The number of carbonyl (C=O) groups is 2. The summed E-state index contributed by atoms with van der Waals surface area (Å²) in [4.78, 5) is 33.3. The quantitative estimate of drug-likeness (QED) is 0.383. The van der Waals surface area contributed by atoms with Gasteiger partial charge >= 0.3 is 6.18 Å². The van der Waals surface area contributed by atoms with Crippen molar-refractivity contribution >= 4 is 23.2 Å². The number of aryl methyl sites for hydroxylation is 1. The average Bonchev–Trinajstić information content (AvgIpc) is 2.93. The minimum atomic E-state index is -4.54. The van der Waals surface area contributed by atoms with Crippen LogP contribution >= 0.6 is 0 Å². The van der Waals surface area contributed by atoms with Crippen LogP contribution in [0.25, 0.3) is 0 Å². The molecule has 0 bridgehead atoms. The molecule has 0 aliphatic carbocycles. The van der Waals surface area contributed by atoms with Gasteiger partial charge in [-0.05, 0) is 73.1 Å². The number of halogens is 3. The van der Waals surface area contributed by atoms with Crippen LogP contribution in [0.1, 0.15) is 43.1 Å². The molecule has 2 aromatic carbocycles. The lowest BCUT2D eigenvalue weighted by atomic mass is 10.0. The molecule has 8 nitrogen and oxygen atoms in total. The molecule has 2 amide bonds. The van der Waals surface area contributed by atoms with Gasteiger partial charge in [0.25, 0.3) is 11.8 Å². The number of pyridine rings is 1. The van der Waals surface area contributed by atoms with E-state index in [1.807, 2.05) is 14.0 Å². The minimum Gasteiger partial charge on any atom is -0.381 e. The average molecular weight is 555 g/mol. The number of benzene rings is 2. The molecule has 212 valence electrons. The molecule has 0 radical (unpaired) electrons. The fraction of sp³-hybridized carbons (Fsp3) is 0.345. The Labute approximate surface area is 231 Å². The number of anilines is 2. The van der Waals surface area contributed by atoms with Crippen molar-refractivity contribution in [2.24, 2.45) is 0 Å². The number of piperazine rings is 1. The van der Waals surface area contributed by atoms with Crippen molar-refractivity contribution in [3.05, 3.63) is 88.2 Å². The highest BCUT2D eigenvalue weighted by atomic mass is 19.4. The number of hydrogen-bond donors (Lipinski definition) is 3. The molecule has 0 saturated carbocycles. The van der Waals surface area contributed by atoms with Gasteiger partial charge in [0, 0.05) is 69.5 Å². The van der Waals surface area contributed by atoms with Gasteiger partial charge in [0.15, 0.2) is 0 Å². The van der Waals surface area contributed by atoms with E-state index in [0.717, 1.165) is 49.4 Å². The second-order valence-electron chi connectivity index (χ2n) is 9.95. The molecule has 11 heteroatoms. The summed E-state index contributed by atoms with van der Waals surface area (Å²) < 4.78 is 41.1.